The van der Waals surface area contributed by atoms with Crippen LogP contribution in [0.4, 0.5) is 0 Å². The first-order valence-corrected chi connectivity index (χ1v) is 8.41. The minimum atomic E-state index is 0.218. The van der Waals surface area contributed by atoms with Crippen LogP contribution < -0.4 is 5.32 Å². The number of aromatic nitrogens is 1. The topological polar surface area (TPSA) is 66.1 Å². The summed E-state index contributed by atoms with van der Waals surface area (Å²) in [4.78, 5) is 9.59. The van der Waals surface area contributed by atoms with Crippen molar-refractivity contribution in [2.24, 2.45) is 10.4 Å². The highest BCUT2D eigenvalue weighted by atomic mass is 16.5. The zero-order chi connectivity index (χ0) is 16.1. The molecule has 0 aliphatic carbocycles. The van der Waals surface area contributed by atoms with E-state index in [1.807, 2.05) is 6.07 Å². The third kappa shape index (κ3) is 4.23. The molecule has 3 rings (SSSR count). The van der Waals surface area contributed by atoms with Gasteiger partial charge in [-0.1, -0.05) is 12.1 Å². The standard InChI is InChI=1S/C16H27N5O2/c1-3-17-15(18-11-16(2)12-22-13-16)21-7-5-20(6-8-21)10-14-4-9-23-19-14/h4,9H,3,5-8,10-13H2,1-2H3,(H,17,18). The van der Waals surface area contributed by atoms with Gasteiger partial charge in [-0.05, 0) is 6.92 Å². The molecule has 2 saturated heterocycles. The maximum Gasteiger partial charge on any atom is 0.194 e. The smallest absolute Gasteiger partial charge is 0.194 e. The van der Waals surface area contributed by atoms with Gasteiger partial charge in [-0.15, -0.1) is 0 Å². The molecule has 1 aromatic rings. The number of rotatable bonds is 5. The molecule has 7 heteroatoms. The first-order valence-electron chi connectivity index (χ1n) is 8.41. The minimum absolute atomic E-state index is 0.218. The van der Waals surface area contributed by atoms with E-state index in [4.69, 9.17) is 14.3 Å². The Labute approximate surface area is 137 Å². The molecular formula is C16H27N5O2. The fraction of sp³-hybridized carbons (Fsp3) is 0.750. The first-order chi connectivity index (χ1) is 11.2. The predicted octanol–water partition coefficient (Wildman–Crippen LogP) is 0.794. The molecule has 0 unspecified atom stereocenters. The lowest BCUT2D eigenvalue weighted by Gasteiger charge is -2.39. The summed E-state index contributed by atoms with van der Waals surface area (Å²) in [6.45, 7) is 12.6. The van der Waals surface area contributed by atoms with E-state index in [1.54, 1.807) is 6.26 Å². The van der Waals surface area contributed by atoms with Gasteiger partial charge in [0.15, 0.2) is 5.96 Å². The van der Waals surface area contributed by atoms with Crippen LogP contribution >= 0.6 is 0 Å². The van der Waals surface area contributed by atoms with E-state index in [1.165, 1.54) is 0 Å². The summed E-state index contributed by atoms with van der Waals surface area (Å²) >= 11 is 0. The summed E-state index contributed by atoms with van der Waals surface area (Å²) in [6.07, 6.45) is 1.63. The predicted molar refractivity (Wildman–Crippen MR) is 88.3 cm³/mol. The Morgan fingerprint density at radius 2 is 2.13 bits per heavy atom. The number of nitrogens with zero attached hydrogens (tertiary/aromatic N) is 4. The third-order valence-corrected chi connectivity index (χ3v) is 4.40. The normalized spacial score (nSPS) is 22.0. The number of ether oxygens (including phenoxy) is 1. The van der Waals surface area contributed by atoms with Crippen LogP contribution in [0.3, 0.4) is 0 Å². The third-order valence-electron chi connectivity index (χ3n) is 4.40. The Hall–Kier alpha value is -1.60. The van der Waals surface area contributed by atoms with Crippen LogP contribution in [0.15, 0.2) is 21.8 Å². The lowest BCUT2D eigenvalue weighted by atomic mass is 9.89. The molecule has 2 fully saturated rings. The van der Waals surface area contributed by atoms with E-state index in [9.17, 15) is 0 Å². The van der Waals surface area contributed by atoms with Crippen molar-refractivity contribution in [3.05, 3.63) is 18.0 Å². The van der Waals surface area contributed by atoms with Gasteiger partial charge in [0.1, 0.15) is 6.26 Å². The van der Waals surface area contributed by atoms with Gasteiger partial charge in [0.05, 0.1) is 25.5 Å². The van der Waals surface area contributed by atoms with E-state index in [0.29, 0.717) is 0 Å². The summed E-state index contributed by atoms with van der Waals surface area (Å²) in [6, 6.07) is 1.93. The largest absolute Gasteiger partial charge is 0.380 e. The van der Waals surface area contributed by atoms with Gasteiger partial charge in [0, 0.05) is 50.7 Å². The van der Waals surface area contributed by atoms with Crippen LogP contribution in [0.2, 0.25) is 0 Å². The summed E-state index contributed by atoms with van der Waals surface area (Å²) in [5, 5.41) is 7.41. The fourth-order valence-corrected chi connectivity index (χ4v) is 2.90. The molecule has 0 bridgehead atoms. The average Bonchev–Trinajstić information content (AvgIpc) is 3.03. The van der Waals surface area contributed by atoms with Crippen molar-refractivity contribution in [2.45, 2.75) is 20.4 Å². The molecule has 0 radical (unpaired) electrons. The molecule has 0 saturated carbocycles. The molecule has 2 aliphatic rings. The second-order valence-electron chi connectivity index (χ2n) is 6.73. The highest BCUT2D eigenvalue weighted by Gasteiger charge is 2.33. The van der Waals surface area contributed by atoms with E-state index in [0.717, 1.165) is 70.7 Å². The van der Waals surface area contributed by atoms with E-state index < -0.39 is 0 Å². The van der Waals surface area contributed by atoms with Crippen LogP contribution in [0.1, 0.15) is 19.5 Å². The number of nitrogens with one attached hydrogen (secondary N) is 1. The van der Waals surface area contributed by atoms with Crippen LogP contribution in [-0.2, 0) is 11.3 Å². The number of hydrogen-bond acceptors (Lipinski definition) is 5. The lowest BCUT2D eigenvalue weighted by molar-refractivity contribution is -0.0946. The number of piperazine rings is 1. The summed E-state index contributed by atoms with van der Waals surface area (Å²) < 4.78 is 10.2. The highest BCUT2D eigenvalue weighted by Crippen LogP contribution is 2.26. The Kier molecular flexibility index (Phi) is 5.17. The van der Waals surface area contributed by atoms with Crippen LogP contribution in [0, 0.1) is 5.41 Å². The van der Waals surface area contributed by atoms with Crippen molar-refractivity contribution in [3.63, 3.8) is 0 Å². The van der Waals surface area contributed by atoms with Gasteiger partial charge < -0.3 is 19.5 Å². The SMILES string of the molecule is CCNC(=NCC1(C)COC1)N1CCN(Cc2ccon2)CC1. The first kappa shape index (κ1) is 16.3. The van der Waals surface area contributed by atoms with Crippen molar-refractivity contribution < 1.29 is 9.26 Å². The molecule has 0 atom stereocenters. The lowest BCUT2D eigenvalue weighted by Crippen LogP contribution is -2.52. The Morgan fingerprint density at radius 3 is 2.70 bits per heavy atom. The van der Waals surface area contributed by atoms with Crippen LogP contribution in [0.25, 0.3) is 0 Å². The van der Waals surface area contributed by atoms with E-state index in [-0.39, 0.29) is 5.41 Å². The summed E-state index contributed by atoms with van der Waals surface area (Å²) in [5.74, 6) is 1.03. The zero-order valence-corrected chi connectivity index (χ0v) is 14.1. The average molecular weight is 321 g/mol. The molecule has 23 heavy (non-hydrogen) atoms. The molecule has 1 aromatic heterocycles. The van der Waals surface area contributed by atoms with Gasteiger partial charge >= 0.3 is 0 Å². The van der Waals surface area contributed by atoms with Gasteiger partial charge in [0.2, 0.25) is 0 Å². The molecule has 1 N–H and O–H groups in total. The molecule has 0 amide bonds. The summed E-state index contributed by atoms with van der Waals surface area (Å²) in [7, 11) is 0. The van der Waals surface area contributed by atoms with Crippen LogP contribution in [0.5, 0.6) is 0 Å². The van der Waals surface area contributed by atoms with Crippen molar-refractivity contribution in [3.8, 4) is 0 Å². The number of hydrogen-bond donors (Lipinski definition) is 1. The van der Waals surface area contributed by atoms with Crippen molar-refractivity contribution >= 4 is 5.96 Å². The Bertz CT molecular complexity index is 505. The van der Waals surface area contributed by atoms with Crippen LogP contribution in [-0.4, -0.2) is 73.4 Å². The van der Waals surface area contributed by atoms with Gasteiger partial charge in [-0.2, -0.15) is 0 Å². The number of guanidine groups is 1. The molecule has 128 valence electrons. The van der Waals surface area contributed by atoms with Crippen molar-refractivity contribution in [1.29, 1.82) is 0 Å². The maximum absolute atomic E-state index is 5.32. The zero-order valence-electron chi connectivity index (χ0n) is 14.1. The van der Waals surface area contributed by atoms with Gasteiger partial charge in [-0.3, -0.25) is 9.89 Å². The maximum atomic E-state index is 5.32. The van der Waals surface area contributed by atoms with E-state index in [2.05, 4.69) is 34.1 Å². The molecular weight excluding hydrogens is 294 g/mol. The fourth-order valence-electron chi connectivity index (χ4n) is 2.90. The van der Waals surface area contributed by atoms with Gasteiger partial charge in [-0.25, -0.2) is 0 Å². The quantitative estimate of drug-likeness (QED) is 0.639. The summed E-state index contributed by atoms with van der Waals surface area (Å²) in [5.41, 5.74) is 1.21. The molecule has 0 aromatic carbocycles. The Morgan fingerprint density at radius 1 is 1.35 bits per heavy atom. The molecule has 0 spiro atoms. The molecule has 2 aliphatic heterocycles. The monoisotopic (exact) mass is 321 g/mol. The molecule has 7 nitrogen and oxygen atoms in total. The van der Waals surface area contributed by atoms with Gasteiger partial charge in [0.25, 0.3) is 0 Å². The minimum Gasteiger partial charge on any atom is -0.380 e. The molecule has 3 heterocycles. The number of aliphatic imine (C=N–C) groups is 1. The second kappa shape index (κ2) is 7.31. The highest BCUT2D eigenvalue weighted by molar-refractivity contribution is 5.80. The Balaban J connectivity index is 1.51. The van der Waals surface area contributed by atoms with Crippen molar-refractivity contribution in [2.75, 3.05) is 52.5 Å². The second-order valence-corrected chi connectivity index (χ2v) is 6.73. The van der Waals surface area contributed by atoms with Crippen molar-refractivity contribution in [1.82, 2.24) is 20.3 Å². The van der Waals surface area contributed by atoms with E-state index >= 15 is 0 Å².